The van der Waals surface area contributed by atoms with Crippen LogP contribution in [0.5, 0.6) is 0 Å². The van der Waals surface area contributed by atoms with Crippen molar-refractivity contribution >= 4 is 34.4 Å². The zero-order valence-electron chi connectivity index (χ0n) is 12.5. The lowest BCUT2D eigenvalue weighted by atomic mass is 10.2. The molecule has 1 N–H and O–H groups in total. The fraction of sp³-hybridized carbons (Fsp3) is 0. The van der Waals surface area contributed by atoms with Crippen molar-refractivity contribution in [3.8, 4) is 22.2 Å². The quantitative estimate of drug-likeness (QED) is 0.554. The zero-order chi connectivity index (χ0) is 17.2. The van der Waals surface area contributed by atoms with E-state index in [0.717, 1.165) is 4.88 Å². The summed E-state index contributed by atoms with van der Waals surface area (Å²) in [4.78, 5) is 13.5. The smallest absolute Gasteiger partial charge is 0.263 e. The molecule has 6 nitrogen and oxygen atoms in total. The molecule has 0 saturated carbocycles. The second-order valence-electron chi connectivity index (χ2n) is 4.93. The van der Waals surface area contributed by atoms with E-state index in [1.807, 2.05) is 17.5 Å². The van der Waals surface area contributed by atoms with Crippen molar-refractivity contribution in [2.24, 2.45) is 0 Å². The minimum absolute atomic E-state index is 0.231. The van der Waals surface area contributed by atoms with E-state index in [1.165, 1.54) is 35.9 Å². The minimum atomic E-state index is -0.420. The number of hydrogen-bond donors (Lipinski definition) is 1. The Morgan fingerprint density at radius 3 is 2.96 bits per heavy atom. The molecule has 9 heteroatoms. The van der Waals surface area contributed by atoms with Crippen molar-refractivity contribution in [3.63, 3.8) is 0 Å². The predicted octanol–water partition coefficient (Wildman–Crippen LogP) is 4.79. The molecule has 3 heterocycles. The number of halogens is 2. The molecule has 0 saturated heterocycles. The molecule has 0 aliphatic heterocycles. The molecule has 0 unspecified atom stereocenters. The van der Waals surface area contributed by atoms with Gasteiger partial charge < -0.3 is 9.84 Å². The Balaban J connectivity index is 1.70. The number of nitrogens with one attached hydrogen (secondary N) is 1. The summed E-state index contributed by atoms with van der Waals surface area (Å²) in [6.07, 6.45) is 2.93. The monoisotopic (exact) mass is 373 g/mol. The molecule has 4 aromatic rings. The average molecular weight is 374 g/mol. The van der Waals surface area contributed by atoms with E-state index in [-0.39, 0.29) is 10.9 Å². The van der Waals surface area contributed by atoms with Crippen LogP contribution in [0.2, 0.25) is 5.02 Å². The second-order valence-corrected chi connectivity index (χ2v) is 6.29. The first-order valence-electron chi connectivity index (χ1n) is 7.11. The van der Waals surface area contributed by atoms with Crippen molar-refractivity contribution in [2.45, 2.75) is 0 Å². The summed E-state index contributed by atoms with van der Waals surface area (Å²) in [6.45, 7) is 0. The molecule has 0 aliphatic rings. The van der Waals surface area contributed by atoms with Gasteiger partial charge in [-0.2, -0.15) is 4.98 Å². The number of aromatic nitrogens is 4. The fourth-order valence-electron chi connectivity index (χ4n) is 2.14. The van der Waals surface area contributed by atoms with Gasteiger partial charge in [0.25, 0.3) is 5.89 Å². The van der Waals surface area contributed by atoms with Crippen molar-refractivity contribution in [1.29, 1.82) is 0 Å². The molecule has 0 amide bonds. The molecular formula is C16H9ClFN5OS. The Bertz CT molecular complexity index is 1020. The topological polar surface area (TPSA) is 76.7 Å². The van der Waals surface area contributed by atoms with E-state index in [0.29, 0.717) is 22.9 Å². The van der Waals surface area contributed by atoms with Crippen molar-refractivity contribution < 1.29 is 8.91 Å². The summed E-state index contributed by atoms with van der Waals surface area (Å²) in [6, 6.07) is 7.85. The minimum Gasteiger partial charge on any atom is -0.338 e. The van der Waals surface area contributed by atoms with Crippen LogP contribution in [0.25, 0.3) is 22.2 Å². The van der Waals surface area contributed by atoms with Crippen LogP contribution >= 0.6 is 22.9 Å². The summed E-state index contributed by atoms with van der Waals surface area (Å²) >= 11 is 7.56. The molecule has 0 radical (unpaired) electrons. The molecule has 0 atom stereocenters. The van der Waals surface area contributed by atoms with E-state index in [4.69, 9.17) is 16.1 Å². The van der Waals surface area contributed by atoms with Crippen LogP contribution in [-0.4, -0.2) is 20.1 Å². The van der Waals surface area contributed by atoms with Gasteiger partial charge in [-0.1, -0.05) is 22.8 Å². The lowest BCUT2D eigenvalue weighted by molar-refractivity contribution is 0.432. The van der Waals surface area contributed by atoms with Crippen LogP contribution < -0.4 is 5.32 Å². The SMILES string of the molecule is Fc1ccc(Nc2ncncc2-c2nc(-c3cccs3)no2)c(Cl)c1. The molecule has 3 aromatic heterocycles. The highest BCUT2D eigenvalue weighted by atomic mass is 35.5. The van der Waals surface area contributed by atoms with Crippen LogP contribution in [0.15, 0.2) is 52.8 Å². The Kier molecular flexibility index (Phi) is 4.12. The normalized spacial score (nSPS) is 10.8. The van der Waals surface area contributed by atoms with Crippen molar-refractivity contribution in [3.05, 3.63) is 59.1 Å². The van der Waals surface area contributed by atoms with E-state index in [9.17, 15) is 4.39 Å². The summed E-state index contributed by atoms with van der Waals surface area (Å²) in [7, 11) is 0. The number of benzene rings is 1. The standard InChI is InChI=1S/C16H9ClFN5OS/c17-11-6-9(18)3-4-12(11)21-14-10(7-19-8-20-14)16-22-15(23-24-16)13-2-1-5-25-13/h1-8H,(H,19,20,21). The maximum atomic E-state index is 13.2. The van der Waals surface area contributed by atoms with Crippen molar-refractivity contribution in [1.82, 2.24) is 20.1 Å². The maximum Gasteiger partial charge on any atom is 0.263 e. The third-order valence-electron chi connectivity index (χ3n) is 3.29. The molecule has 4 rings (SSSR count). The number of hydrogen-bond acceptors (Lipinski definition) is 7. The van der Waals surface area contributed by atoms with E-state index in [1.54, 1.807) is 6.20 Å². The number of thiophene rings is 1. The molecule has 1 aromatic carbocycles. The third-order valence-corrected chi connectivity index (χ3v) is 4.47. The van der Waals surface area contributed by atoms with Crippen LogP contribution in [0.1, 0.15) is 0 Å². The summed E-state index contributed by atoms with van der Waals surface area (Å²) in [5, 5.41) is 9.18. The van der Waals surface area contributed by atoms with E-state index >= 15 is 0 Å². The third kappa shape index (κ3) is 3.21. The Hall–Kier alpha value is -2.84. The maximum absolute atomic E-state index is 13.2. The first-order chi connectivity index (χ1) is 12.2. The van der Waals surface area contributed by atoms with Crippen LogP contribution in [0.4, 0.5) is 15.9 Å². The first kappa shape index (κ1) is 15.7. The number of rotatable bonds is 4. The van der Waals surface area contributed by atoms with Gasteiger partial charge in [-0.05, 0) is 29.6 Å². The molecule has 0 spiro atoms. The molecule has 25 heavy (non-hydrogen) atoms. The highest BCUT2D eigenvalue weighted by Gasteiger charge is 2.17. The Morgan fingerprint density at radius 1 is 1.24 bits per heavy atom. The van der Waals surface area contributed by atoms with Gasteiger partial charge in [-0.3, -0.25) is 0 Å². The summed E-state index contributed by atoms with van der Waals surface area (Å²) in [5.41, 5.74) is 1.01. The van der Waals surface area contributed by atoms with Gasteiger partial charge >= 0.3 is 0 Å². The summed E-state index contributed by atoms with van der Waals surface area (Å²) in [5.74, 6) is 0.755. The molecular weight excluding hydrogens is 365 g/mol. The highest BCUT2D eigenvalue weighted by Crippen LogP contribution is 2.31. The lowest BCUT2D eigenvalue weighted by Crippen LogP contribution is -1.98. The van der Waals surface area contributed by atoms with Gasteiger partial charge in [0.05, 0.1) is 15.6 Å². The predicted molar refractivity (Wildman–Crippen MR) is 93.3 cm³/mol. The Morgan fingerprint density at radius 2 is 2.16 bits per heavy atom. The molecule has 0 aliphatic carbocycles. The number of nitrogens with zero attached hydrogens (tertiary/aromatic N) is 4. The van der Waals surface area contributed by atoms with Crippen LogP contribution in [0.3, 0.4) is 0 Å². The van der Waals surface area contributed by atoms with Gasteiger partial charge in [0.15, 0.2) is 0 Å². The van der Waals surface area contributed by atoms with Crippen LogP contribution in [0, 0.1) is 5.82 Å². The van der Waals surface area contributed by atoms with E-state index in [2.05, 4.69) is 25.4 Å². The van der Waals surface area contributed by atoms with Gasteiger partial charge in [0, 0.05) is 6.20 Å². The van der Waals surface area contributed by atoms with Crippen molar-refractivity contribution in [2.75, 3.05) is 5.32 Å². The largest absolute Gasteiger partial charge is 0.338 e. The number of anilines is 2. The molecule has 0 bridgehead atoms. The summed E-state index contributed by atoms with van der Waals surface area (Å²) < 4.78 is 18.5. The van der Waals surface area contributed by atoms with Gasteiger partial charge in [-0.15, -0.1) is 11.3 Å². The fourth-order valence-corrected chi connectivity index (χ4v) is 3.01. The second kappa shape index (κ2) is 6.58. The Labute approximate surface area is 150 Å². The van der Waals surface area contributed by atoms with Gasteiger partial charge in [0.2, 0.25) is 5.82 Å². The first-order valence-corrected chi connectivity index (χ1v) is 8.36. The average Bonchev–Trinajstić information content (AvgIpc) is 3.29. The molecule has 124 valence electrons. The lowest BCUT2D eigenvalue weighted by Gasteiger charge is -2.09. The highest BCUT2D eigenvalue weighted by molar-refractivity contribution is 7.13. The van der Waals surface area contributed by atoms with Gasteiger partial charge in [-0.25, -0.2) is 14.4 Å². The van der Waals surface area contributed by atoms with E-state index < -0.39 is 5.82 Å². The van der Waals surface area contributed by atoms with Gasteiger partial charge in [0.1, 0.15) is 23.5 Å². The van der Waals surface area contributed by atoms with Crippen LogP contribution in [-0.2, 0) is 0 Å². The zero-order valence-corrected chi connectivity index (χ0v) is 14.1. The molecule has 0 fully saturated rings.